The summed E-state index contributed by atoms with van der Waals surface area (Å²) in [6.45, 7) is 3.72. The summed E-state index contributed by atoms with van der Waals surface area (Å²) in [5, 5.41) is 21.7. The lowest BCUT2D eigenvalue weighted by molar-refractivity contribution is -0.132. The Hall–Kier alpha value is -5.25. The van der Waals surface area contributed by atoms with E-state index in [0.29, 0.717) is 34.1 Å². The van der Waals surface area contributed by atoms with Crippen molar-refractivity contribution in [1.29, 1.82) is 0 Å². The van der Waals surface area contributed by atoms with Crippen molar-refractivity contribution >= 4 is 23.7 Å². The molecule has 2 heterocycles. The fourth-order valence-electron chi connectivity index (χ4n) is 4.29. The van der Waals surface area contributed by atoms with E-state index in [4.69, 9.17) is 14.2 Å². The molecule has 0 atom stereocenters. The molecule has 0 radical (unpaired) electrons. The molecule has 6 rings (SSSR count). The van der Waals surface area contributed by atoms with Crippen molar-refractivity contribution < 1.29 is 43.5 Å². The SMILES string of the molecule is C=C1OC(=O)c2ccc(Oc3ccc(C(O)(O)c4ccc(Oc5ccc6c(c5)C(=O)OC6=O)cc4)cc3)cc21. The number of ether oxygens (including phenoxy) is 4. The molecular weight excluding hydrogens is 504 g/mol. The molecule has 4 aromatic rings. The van der Waals surface area contributed by atoms with Gasteiger partial charge < -0.3 is 29.2 Å². The van der Waals surface area contributed by atoms with E-state index in [-0.39, 0.29) is 28.0 Å². The van der Waals surface area contributed by atoms with Crippen molar-refractivity contribution in [2.75, 3.05) is 0 Å². The summed E-state index contributed by atoms with van der Waals surface area (Å²) < 4.78 is 21.2. The fourth-order valence-corrected chi connectivity index (χ4v) is 4.29. The summed E-state index contributed by atoms with van der Waals surface area (Å²) in [6.07, 6.45) is 0. The minimum Gasteiger partial charge on any atom is -0.457 e. The Morgan fingerprint density at radius 2 is 0.949 bits per heavy atom. The molecule has 39 heavy (non-hydrogen) atoms. The molecule has 0 amide bonds. The average molecular weight is 522 g/mol. The molecule has 0 unspecified atom stereocenters. The van der Waals surface area contributed by atoms with E-state index in [1.807, 2.05) is 0 Å². The molecule has 2 N–H and O–H groups in total. The molecule has 9 nitrogen and oxygen atoms in total. The van der Waals surface area contributed by atoms with Gasteiger partial charge in [0.25, 0.3) is 0 Å². The van der Waals surface area contributed by atoms with E-state index in [1.165, 1.54) is 42.5 Å². The van der Waals surface area contributed by atoms with Gasteiger partial charge in [0.1, 0.15) is 28.8 Å². The molecule has 0 aliphatic carbocycles. The van der Waals surface area contributed by atoms with Crippen LogP contribution in [0.15, 0.2) is 91.5 Å². The molecule has 0 saturated heterocycles. The minimum absolute atomic E-state index is 0.122. The first-order valence-corrected chi connectivity index (χ1v) is 11.7. The lowest BCUT2D eigenvalue weighted by atomic mass is 9.97. The number of carbonyl (C=O) groups is 3. The zero-order valence-corrected chi connectivity index (χ0v) is 20.0. The maximum atomic E-state index is 11.8. The highest BCUT2D eigenvalue weighted by Gasteiger charge is 2.31. The average Bonchev–Trinajstić information content (AvgIpc) is 3.37. The van der Waals surface area contributed by atoms with Crippen LogP contribution in [-0.2, 0) is 15.3 Å². The van der Waals surface area contributed by atoms with Crippen molar-refractivity contribution in [2.45, 2.75) is 5.79 Å². The third-order valence-electron chi connectivity index (χ3n) is 6.33. The summed E-state index contributed by atoms with van der Waals surface area (Å²) in [6, 6.07) is 21.5. The Bertz CT molecular complexity index is 1560. The monoisotopic (exact) mass is 522 g/mol. The lowest BCUT2D eigenvalue weighted by Gasteiger charge is -2.23. The van der Waals surface area contributed by atoms with Gasteiger partial charge in [0.2, 0.25) is 5.79 Å². The van der Waals surface area contributed by atoms with Crippen LogP contribution in [0.1, 0.15) is 47.8 Å². The Labute approximate surface area is 221 Å². The van der Waals surface area contributed by atoms with Crippen molar-refractivity contribution in [3.8, 4) is 23.0 Å². The van der Waals surface area contributed by atoms with Gasteiger partial charge in [-0.1, -0.05) is 6.58 Å². The quantitative estimate of drug-likeness (QED) is 0.206. The Kier molecular flexibility index (Phi) is 5.53. The molecule has 0 fully saturated rings. The number of hydrogen-bond donors (Lipinski definition) is 2. The van der Waals surface area contributed by atoms with Crippen LogP contribution in [0.2, 0.25) is 0 Å². The molecule has 0 spiro atoms. The number of cyclic esters (lactones) is 3. The zero-order valence-electron chi connectivity index (χ0n) is 20.0. The summed E-state index contributed by atoms with van der Waals surface area (Å²) >= 11 is 0. The lowest BCUT2D eigenvalue weighted by Crippen LogP contribution is -2.26. The second-order valence-corrected chi connectivity index (χ2v) is 8.83. The van der Waals surface area contributed by atoms with E-state index >= 15 is 0 Å². The fraction of sp³-hybridized carbons (Fsp3) is 0.0333. The predicted molar refractivity (Wildman–Crippen MR) is 135 cm³/mol. The van der Waals surface area contributed by atoms with Gasteiger partial charge in [0, 0.05) is 16.7 Å². The molecule has 192 valence electrons. The number of hydrogen-bond acceptors (Lipinski definition) is 9. The van der Waals surface area contributed by atoms with Gasteiger partial charge in [-0.25, -0.2) is 14.4 Å². The number of carbonyl (C=O) groups excluding carboxylic acids is 3. The van der Waals surface area contributed by atoms with E-state index in [1.54, 1.807) is 42.5 Å². The number of benzene rings is 4. The zero-order chi connectivity index (χ0) is 27.3. The van der Waals surface area contributed by atoms with Crippen LogP contribution in [0.5, 0.6) is 23.0 Å². The smallest absolute Gasteiger partial charge is 0.347 e. The van der Waals surface area contributed by atoms with E-state index < -0.39 is 23.7 Å². The van der Waals surface area contributed by atoms with Gasteiger partial charge in [-0.05, 0) is 84.9 Å². The highest BCUT2D eigenvalue weighted by Crippen LogP contribution is 2.35. The number of esters is 3. The highest BCUT2D eigenvalue weighted by atomic mass is 16.6. The second kappa shape index (κ2) is 8.95. The first kappa shape index (κ1) is 24.1. The normalized spacial score (nSPS) is 14.0. The first-order chi connectivity index (χ1) is 18.7. The van der Waals surface area contributed by atoms with Crippen LogP contribution in [0, 0.1) is 0 Å². The largest absolute Gasteiger partial charge is 0.457 e. The summed E-state index contributed by atoms with van der Waals surface area (Å²) in [5.41, 5.74) is 1.66. The minimum atomic E-state index is -2.31. The third-order valence-corrected chi connectivity index (χ3v) is 6.33. The second-order valence-electron chi connectivity index (χ2n) is 8.83. The Balaban J connectivity index is 1.15. The van der Waals surface area contributed by atoms with Gasteiger partial charge in [-0.3, -0.25) is 0 Å². The molecule has 2 aliphatic heterocycles. The molecule has 0 saturated carbocycles. The summed E-state index contributed by atoms with van der Waals surface area (Å²) in [7, 11) is 0. The van der Waals surface area contributed by atoms with Crippen LogP contribution < -0.4 is 9.47 Å². The van der Waals surface area contributed by atoms with Gasteiger partial charge in [0.15, 0.2) is 0 Å². The van der Waals surface area contributed by atoms with Crippen molar-refractivity contribution in [3.63, 3.8) is 0 Å². The first-order valence-electron chi connectivity index (χ1n) is 11.7. The van der Waals surface area contributed by atoms with Gasteiger partial charge >= 0.3 is 17.9 Å². The topological polar surface area (TPSA) is 129 Å². The van der Waals surface area contributed by atoms with Gasteiger partial charge in [0.05, 0.1) is 16.7 Å². The molecule has 9 heteroatoms. The number of fused-ring (bicyclic) bond motifs is 2. The maximum absolute atomic E-state index is 11.8. The molecule has 0 aromatic heterocycles. The van der Waals surface area contributed by atoms with Crippen molar-refractivity contribution in [2.24, 2.45) is 0 Å². The van der Waals surface area contributed by atoms with Crippen LogP contribution in [0.3, 0.4) is 0 Å². The summed E-state index contributed by atoms with van der Waals surface area (Å²) in [4.78, 5) is 35.1. The summed E-state index contributed by atoms with van der Waals surface area (Å²) in [5.74, 6) is -2.35. The predicted octanol–water partition coefficient (Wildman–Crippen LogP) is 4.91. The molecule has 2 aliphatic rings. The van der Waals surface area contributed by atoms with Crippen LogP contribution in [0.4, 0.5) is 0 Å². The number of aliphatic hydroxyl groups is 2. The van der Waals surface area contributed by atoms with Crippen molar-refractivity contribution in [3.05, 3.63) is 125 Å². The van der Waals surface area contributed by atoms with Gasteiger partial charge in [-0.15, -0.1) is 0 Å². The van der Waals surface area contributed by atoms with Crippen LogP contribution in [-0.4, -0.2) is 28.1 Å². The Morgan fingerprint density at radius 1 is 0.538 bits per heavy atom. The molecule has 4 aromatic carbocycles. The number of rotatable bonds is 6. The maximum Gasteiger partial charge on any atom is 0.347 e. The standard InChI is InChI=1S/C30H18O9/c1-16-25-14-21(10-12-23(25)27(31)36-16)37-19-6-2-17(3-7-19)30(34,35)18-4-8-20(9-5-18)38-22-11-13-24-26(15-22)29(33)39-28(24)32/h2-15,34-35H,1H2. The van der Waals surface area contributed by atoms with E-state index in [0.717, 1.165) is 0 Å². The molecular formula is C30H18O9. The highest BCUT2D eigenvalue weighted by molar-refractivity contribution is 6.14. The van der Waals surface area contributed by atoms with Crippen LogP contribution >= 0.6 is 0 Å². The van der Waals surface area contributed by atoms with E-state index in [2.05, 4.69) is 11.3 Å². The third kappa shape index (κ3) is 4.31. The Morgan fingerprint density at radius 3 is 1.49 bits per heavy atom. The molecule has 0 bridgehead atoms. The van der Waals surface area contributed by atoms with E-state index in [9.17, 15) is 24.6 Å². The van der Waals surface area contributed by atoms with Crippen LogP contribution in [0.25, 0.3) is 5.76 Å². The van der Waals surface area contributed by atoms with Gasteiger partial charge in [-0.2, -0.15) is 0 Å². The van der Waals surface area contributed by atoms with Crippen molar-refractivity contribution in [1.82, 2.24) is 0 Å².